The summed E-state index contributed by atoms with van der Waals surface area (Å²) in [6, 6.07) is 7.46. The van der Waals surface area contributed by atoms with Crippen molar-refractivity contribution in [3.05, 3.63) is 29.8 Å². The Morgan fingerprint density at radius 1 is 1.18 bits per heavy atom. The van der Waals surface area contributed by atoms with Gasteiger partial charge in [-0.1, -0.05) is 32.9 Å². The SMILES string of the molecule is CN(C)S(=O)(=O)Nc1cccc(C(C)(C)C)c1. The van der Waals surface area contributed by atoms with Crippen molar-refractivity contribution in [3.63, 3.8) is 0 Å². The van der Waals surface area contributed by atoms with E-state index in [-0.39, 0.29) is 5.41 Å². The van der Waals surface area contributed by atoms with Gasteiger partial charge in [0.05, 0.1) is 5.69 Å². The Morgan fingerprint density at radius 3 is 2.24 bits per heavy atom. The van der Waals surface area contributed by atoms with Crippen molar-refractivity contribution in [2.45, 2.75) is 26.2 Å². The highest BCUT2D eigenvalue weighted by Crippen LogP contribution is 2.25. The van der Waals surface area contributed by atoms with Crippen LogP contribution in [-0.4, -0.2) is 26.8 Å². The molecule has 1 N–H and O–H groups in total. The molecule has 0 heterocycles. The molecule has 0 aliphatic carbocycles. The summed E-state index contributed by atoms with van der Waals surface area (Å²) in [5, 5.41) is 0. The Labute approximate surface area is 104 Å². The number of nitrogens with one attached hydrogen (secondary N) is 1. The monoisotopic (exact) mass is 256 g/mol. The fourth-order valence-electron chi connectivity index (χ4n) is 1.29. The zero-order chi connectivity index (χ0) is 13.3. The maximum atomic E-state index is 11.7. The second-order valence-electron chi connectivity index (χ2n) is 5.22. The molecule has 4 nitrogen and oxygen atoms in total. The fourth-order valence-corrected chi connectivity index (χ4v) is 1.90. The van der Waals surface area contributed by atoms with Crippen LogP contribution in [0, 0.1) is 0 Å². The molecule has 0 radical (unpaired) electrons. The lowest BCUT2D eigenvalue weighted by molar-refractivity contribution is 0.526. The lowest BCUT2D eigenvalue weighted by Crippen LogP contribution is -2.29. The average Bonchev–Trinajstić information content (AvgIpc) is 2.15. The summed E-state index contributed by atoms with van der Waals surface area (Å²) in [5.41, 5.74) is 1.68. The molecule has 0 amide bonds. The third-order valence-corrected chi connectivity index (χ3v) is 3.91. The van der Waals surface area contributed by atoms with Gasteiger partial charge < -0.3 is 0 Å². The molecule has 0 bridgehead atoms. The molecule has 0 aromatic heterocycles. The minimum absolute atomic E-state index is 0.000428. The fraction of sp³-hybridized carbons (Fsp3) is 0.500. The first kappa shape index (κ1) is 14.0. The van der Waals surface area contributed by atoms with Gasteiger partial charge >= 0.3 is 10.2 Å². The van der Waals surface area contributed by atoms with Gasteiger partial charge in [0, 0.05) is 14.1 Å². The summed E-state index contributed by atoms with van der Waals surface area (Å²) in [5.74, 6) is 0. The molecule has 5 heteroatoms. The molecule has 0 spiro atoms. The van der Waals surface area contributed by atoms with E-state index in [1.54, 1.807) is 6.07 Å². The standard InChI is InChI=1S/C12H20N2O2S/c1-12(2,3)10-7-6-8-11(9-10)13-17(15,16)14(4)5/h6-9,13H,1-5H3. The highest BCUT2D eigenvalue weighted by Gasteiger charge is 2.16. The molecule has 0 saturated heterocycles. The minimum Gasteiger partial charge on any atom is -0.271 e. The van der Waals surface area contributed by atoms with Crippen molar-refractivity contribution >= 4 is 15.9 Å². The summed E-state index contributed by atoms with van der Waals surface area (Å²) in [7, 11) is -0.438. The van der Waals surface area contributed by atoms with Crippen LogP contribution in [0.2, 0.25) is 0 Å². The van der Waals surface area contributed by atoms with E-state index in [9.17, 15) is 8.42 Å². The number of benzene rings is 1. The lowest BCUT2D eigenvalue weighted by Gasteiger charge is -2.20. The van der Waals surface area contributed by atoms with Crippen LogP contribution in [0.3, 0.4) is 0 Å². The molecule has 0 aliphatic heterocycles. The van der Waals surface area contributed by atoms with Gasteiger partial charge in [0.1, 0.15) is 0 Å². The van der Waals surface area contributed by atoms with Crippen molar-refractivity contribution < 1.29 is 8.42 Å². The van der Waals surface area contributed by atoms with Gasteiger partial charge in [-0.25, -0.2) is 0 Å². The highest BCUT2D eigenvalue weighted by atomic mass is 32.2. The van der Waals surface area contributed by atoms with Gasteiger partial charge in [-0.2, -0.15) is 12.7 Å². The van der Waals surface area contributed by atoms with Crippen LogP contribution in [-0.2, 0) is 15.6 Å². The van der Waals surface area contributed by atoms with Gasteiger partial charge in [-0.3, -0.25) is 4.72 Å². The van der Waals surface area contributed by atoms with E-state index in [1.165, 1.54) is 14.1 Å². The molecule has 0 aliphatic rings. The van der Waals surface area contributed by atoms with Gasteiger partial charge in [0.25, 0.3) is 0 Å². The van der Waals surface area contributed by atoms with E-state index in [0.29, 0.717) is 5.69 Å². The number of anilines is 1. The molecule has 17 heavy (non-hydrogen) atoms. The van der Waals surface area contributed by atoms with Crippen molar-refractivity contribution in [2.75, 3.05) is 18.8 Å². The lowest BCUT2D eigenvalue weighted by atomic mass is 9.87. The van der Waals surface area contributed by atoms with E-state index in [1.807, 2.05) is 18.2 Å². The third kappa shape index (κ3) is 3.71. The Balaban J connectivity index is 3.03. The Kier molecular flexibility index (Phi) is 3.84. The normalized spacial score (nSPS) is 12.8. The number of hydrogen-bond acceptors (Lipinski definition) is 2. The summed E-state index contributed by atoms with van der Waals surface area (Å²) >= 11 is 0. The predicted molar refractivity (Wildman–Crippen MR) is 71.4 cm³/mol. The number of hydrogen-bond donors (Lipinski definition) is 1. The first-order valence-electron chi connectivity index (χ1n) is 5.44. The van der Waals surface area contributed by atoms with Crippen LogP contribution < -0.4 is 4.72 Å². The topological polar surface area (TPSA) is 49.4 Å². The van der Waals surface area contributed by atoms with Gasteiger partial charge in [-0.15, -0.1) is 0 Å². The van der Waals surface area contributed by atoms with Crippen molar-refractivity contribution in [2.24, 2.45) is 0 Å². The zero-order valence-electron chi connectivity index (χ0n) is 11.0. The van der Waals surface area contributed by atoms with E-state index >= 15 is 0 Å². The first-order valence-corrected chi connectivity index (χ1v) is 6.88. The smallest absolute Gasteiger partial charge is 0.271 e. The first-order chi connectivity index (χ1) is 7.63. The molecule has 96 valence electrons. The second-order valence-corrected chi connectivity index (χ2v) is 7.10. The van der Waals surface area contributed by atoms with Gasteiger partial charge in [-0.05, 0) is 23.1 Å². The summed E-state index contributed by atoms with van der Waals surface area (Å²) in [6.07, 6.45) is 0. The van der Waals surface area contributed by atoms with Crippen LogP contribution >= 0.6 is 0 Å². The molecule has 1 aromatic rings. The minimum atomic E-state index is -3.43. The molecule has 0 fully saturated rings. The quantitative estimate of drug-likeness (QED) is 0.901. The predicted octanol–water partition coefficient (Wildman–Crippen LogP) is 2.20. The second kappa shape index (κ2) is 4.66. The van der Waals surface area contributed by atoms with Gasteiger partial charge in [0.2, 0.25) is 0 Å². The average molecular weight is 256 g/mol. The Morgan fingerprint density at radius 2 is 1.76 bits per heavy atom. The molecule has 0 atom stereocenters. The van der Waals surface area contributed by atoms with E-state index in [0.717, 1.165) is 9.87 Å². The largest absolute Gasteiger partial charge is 0.301 e. The molecule has 1 rings (SSSR count). The molecule has 1 aromatic carbocycles. The van der Waals surface area contributed by atoms with Crippen LogP contribution in [0.5, 0.6) is 0 Å². The maximum absolute atomic E-state index is 11.7. The van der Waals surface area contributed by atoms with E-state index in [2.05, 4.69) is 25.5 Å². The summed E-state index contributed by atoms with van der Waals surface area (Å²) < 4.78 is 27.0. The van der Waals surface area contributed by atoms with E-state index < -0.39 is 10.2 Å². The maximum Gasteiger partial charge on any atom is 0.301 e. The van der Waals surface area contributed by atoms with E-state index in [4.69, 9.17) is 0 Å². The van der Waals surface area contributed by atoms with Crippen molar-refractivity contribution in [1.82, 2.24) is 4.31 Å². The summed E-state index contributed by atoms with van der Waals surface area (Å²) in [6.45, 7) is 6.27. The van der Waals surface area contributed by atoms with Gasteiger partial charge in [0.15, 0.2) is 0 Å². The molecular formula is C12H20N2O2S. The summed E-state index contributed by atoms with van der Waals surface area (Å²) in [4.78, 5) is 0. The Bertz CT molecular complexity index is 487. The third-order valence-electron chi connectivity index (χ3n) is 2.46. The Hall–Kier alpha value is -1.07. The van der Waals surface area contributed by atoms with Crippen LogP contribution in [0.4, 0.5) is 5.69 Å². The van der Waals surface area contributed by atoms with Crippen molar-refractivity contribution in [3.8, 4) is 0 Å². The van der Waals surface area contributed by atoms with Crippen LogP contribution in [0.1, 0.15) is 26.3 Å². The number of nitrogens with zero attached hydrogens (tertiary/aromatic N) is 1. The number of rotatable bonds is 3. The van der Waals surface area contributed by atoms with Crippen molar-refractivity contribution in [1.29, 1.82) is 0 Å². The van der Waals surface area contributed by atoms with Crippen LogP contribution in [0.15, 0.2) is 24.3 Å². The molecular weight excluding hydrogens is 236 g/mol. The molecule has 0 unspecified atom stereocenters. The molecule has 0 saturated carbocycles. The van der Waals surface area contributed by atoms with Crippen LogP contribution in [0.25, 0.3) is 0 Å². The highest BCUT2D eigenvalue weighted by molar-refractivity contribution is 7.90. The zero-order valence-corrected chi connectivity index (χ0v) is 11.8.